The zero-order valence-corrected chi connectivity index (χ0v) is 11.4. The molecule has 0 atom stereocenters. The van der Waals surface area contributed by atoms with Gasteiger partial charge in [0.15, 0.2) is 0 Å². The summed E-state index contributed by atoms with van der Waals surface area (Å²) in [5.74, 6) is 0.887. The third kappa shape index (κ3) is 2.10. The molecule has 2 aromatic heterocycles. The molecular weight excluding hydrogens is 260 g/mol. The maximum atomic E-state index is 4.74. The second-order valence-corrected chi connectivity index (χ2v) is 4.94. The van der Waals surface area contributed by atoms with Gasteiger partial charge < -0.3 is 4.57 Å². The van der Waals surface area contributed by atoms with Crippen molar-refractivity contribution in [3.8, 4) is 5.95 Å². The van der Waals surface area contributed by atoms with Crippen molar-refractivity contribution in [2.75, 3.05) is 0 Å². The summed E-state index contributed by atoms with van der Waals surface area (Å²) in [5.41, 5.74) is 3.38. The Hall–Kier alpha value is -2.88. The monoisotopic (exact) mass is 274 g/mol. The van der Waals surface area contributed by atoms with E-state index >= 15 is 0 Å². The average molecular weight is 274 g/mol. The van der Waals surface area contributed by atoms with Gasteiger partial charge in [-0.1, -0.05) is 42.5 Å². The van der Waals surface area contributed by atoms with Gasteiger partial charge in [-0.15, -0.1) is 0 Å². The van der Waals surface area contributed by atoms with Crippen LogP contribution in [0.4, 0.5) is 0 Å². The Morgan fingerprint density at radius 1 is 0.905 bits per heavy atom. The summed E-state index contributed by atoms with van der Waals surface area (Å²) < 4.78 is 4.16. The molecule has 2 heterocycles. The van der Waals surface area contributed by atoms with E-state index in [1.807, 2.05) is 35.0 Å². The minimum absolute atomic E-state index is 0.787. The van der Waals surface area contributed by atoms with Crippen molar-refractivity contribution in [1.82, 2.24) is 19.1 Å². The van der Waals surface area contributed by atoms with E-state index in [9.17, 15) is 0 Å². The molecule has 0 aliphatic carbocycles. The molecule has 4 heteroatoms. The molecule has 0 radical (unpaired) electrons. The van der Waals surface area contributed by atoms with Gasteiger partial charge in [-0.2, -0.15) is 0 Å². The molecule has 2 aromatic carbocycles. The molecule has 0 aliphatic rings. The van der Waals surface area contributed by atoms with Crippen LogP contribution in [0.2, 0.25) is 0 Å². The minimum Gasteiger partial charge on any atom is -0.305 e. The highest BCUT2D eigenvalue weighted by Crippen LogP contribution is 2.20. The predicted molar refractivity (Wildman–Crippen MR) is 82.4 cm³/mol. The molecule has 0 bridgehead atoms. The second kappa shape index (κ2) is 4.90. The normalized spacial score (nSPS) is 11.0. The zero-order chi connectivity index (χ0) is 14.1. The Balaban J connectivity index is 1.91. The van der Waals surface area contributed by atoms with Gasteiger partial charge in [-0.05, 0) is 17.7 Å². The molecule has 0 amide bonds. The van der Waals surface area contributed by atoms with Crippen molar-refractivity contribution in [2.45, 2.75) is 6.54 Å². The molecule has 0 fully saturated rings. The van der Waals surface area contributed by atoms with Crippen LogP contribution in [0.25, 0.3) is 17.0 Å². The summed E-state index contributed by atoms with van der Waals surface area (Å²) in [6.45, 7) is 0.787. The number of hydrogen-bond acceptors (Lipinski definition) is 2. The van der Waals surface area contributed by atoms with Gasteiger partial charge in [-0.25, -0.2) is 9.97 Å². The van der Waals surface area contributed by atoms with Gasteiger partial charge in [-0.3, -0.25) is 4.57 Å². The number of hydrogen-bond donors (Lipinski definition) is 0. The molecule has 0 aliphatic heterocycles. The number of para-hydroxylation sites is 2. The van der Waals surface area contributed by atoms with Gasteiger partial charge in [0.05, 0.1) is 17.6 Å². The number of fused-ring (bicyclic) bond motifs is 1. The molecule has 4 aromatic rings. The molecule has 4 rings (SSSR count). The fourth-order valence-electron chi connectivity index (χ4n) is 2.56. The first kappa shape index (κ1) is 11.9. The largest absolute Gasteiger partial charge is 0.305 e. The molecule has 102 valence electrons. The van der Waals surface area contributed by atoms with Gasteiger partial charge in [0.2, 0.25) is 5.95 Å². The summed E-state index contributed by atoms with van der Waals surface area (Å²) >= 11 is 0. The lowest BCUT2D eigenvalue weighted by atomic mass is 10.2. The third-order valence-electron chi connectivity index (χ3n) is 3.55. The first-order valence-electron chi connectivity index (χ1n) is 6.89. The Labute approximate surface area is 122 Å². The standard InChI is InChI=1S/C17H14N4/c1-2-6-14(7-3-1)12-21-16-9-5-4-8-15(16)19-17(21)20-11-10-18-13-20/h1-11,13H,12H2. The summed E-state index contributed by atoms with van der Waals surface area (Å²) in [7, 11) is 0. The first-order chi connectivity index (χ1) is 10.4. The third-order valence-corrected chi connectivity index (χ3v) is 3.55. The summed E-state index contributed by atoms with van der Waals surface area (Å²) in [5, 5.41) is 0. The van der Waals surface area contributed by atoms with Crippen LogP contribution in [0, 0.1) is 0 Å². The topological polar surface area (TPSA) is 35.6 Å². The van der Waals surface area contributed by atoms with Crippen LogP contribution in [-0.4, -0.2) is 19.1 Å². The Bertz CT molecular complexity index is 860. The molecule has 0 saturated heterocycles. The van der Waals surface area contributed by atoms with E-state index in [0.717, 1.165) is 23.5 Å². The first-order valence-corrected chi connectivity index (χ1v) is 6.89. The molecule has 0 unspecified atom stereocenters. The molecule has 4 nitrogen and oxygen atoms in total. The quantitative estimate of drug-likeness (QED) is 0.575. The number of nitrogens with zero attached hydrogens (tertiary/aromatic N) is 4. The molecule has 21 heavy (non-hydrogen) atoms. The maximum absolute atomic E-state index is 4.74. The smallest absolute Gasteiger partial charge is 0.216 e. The average Bonchev–Trinajstić information content (AvgIpc) is 3.16. The second-order valence-electron chi connectivity index (χ2n) is 4.94. The Kier molecular flexibility index (Phi) is 2.78. The highest BCUT2D eigenvalue weighted by atomic mass is 15.2. The van der Waals surface area contributed by atoms with Gasteiger partial charge in [0.1, 0.15) is 6.33 Å². The van der Waals surface area contributed by atoms with Crippen LogP contribution in [-0.2, 0) is 6.54 Å². The summed E-state index contributed by atoms with van der Waals surface area (Å²) in [6, 6.07) is 18.6. The Morgan fingerprint density at radius 2 is 1.71 bits per heavy atom. The van der Waals surface area contributed by atoms with Crippen LogP contribution >= 0.6 is 0 Å². The highest BCUT2D eigenvalue weighted by Gasteiger charge is 2.11. The summed E-state index contributed by atoms with van der Waals surface area (Å²) in [4.78, 5) is 8.86. The van der Waals surface area contributed by atoms with E-state index in [1.54, 1.807) is 12.5 Å². The maximum Gasteiger partial charge on any atom is 0.216 e. The zero-order valence-electron chi connectivity index (χ0n) is 11.4. The van der Waals surface area contributed by atoms with Gasteiger partial charge in [0.25, 0.3) is 0 Å². The number of aromatic nitrogens is 4. The van der Waals surface area contributed by atoms with Crippen molar-refractivity contribution in [2.24, 2.45) is 0 Å². The van der Waals surface area contributed by atoms with E-state index in [0.29, 0.717) is 0 Å². The predicted octanol–water partition coefficient (Wildman–Crippen LogP) is 3.27. The lowest BCUT2D eigenvalue weighted by molar-refractivity contribution is 0.766. The van der Waals surface area contributed by atoms with Crippen molar-refractivity contribution >= 4 is 11.0 Å². The van der Waals surface area contributed by atoms with Gasteiger partial charge >= 0.3 is 0 Å². The number of rotatable bonds is 3. The van der Waals surface area contributed by atoms with E-state index in [1.165, 1.54) is 5.56 Å². The van der Waals surface area contributed by atoms with E-state index in [2.05, 4.69) is 39.9 Å². The van der Waals surface area contributed by atoms with Crippen LogP contribution in [0.1, 0.15) is 5.56 Å². The van der Waals surface area contributed by atoms with Crippen LogP contribution < -0.4 is 0 Å². The molecule has 0 N–H and O–H groups in total. The van der Waals surface area contributed by atoms with E-state index < -0.39 is 0 Å². The SMILES string of the molecule is c1ccc(Cn2c(-n3ccnc3)nc3ccccc32)cc1. The fraction of sp³-hybridized carbons (Fsp3) is 0.0588. The summed E-state index contributed by atoms with van der Waals surface area (Å²) in [6.07, 6.45) is 5.47. The lowest BCUT2D eigenvalue weighted by Gasteiger charge is -2.09. The van der Waals surface area contributed by atoms with Crippen molar-refractivity contribution in [3.05, 3.63) is 78.9 Å². The van der Waals surface area contributed by atoms with Crippen molar-refractivity contribution < 1.29 is 0 Å². The van der Waals surface area contributed by atoms with Crippen LogP contribution in [0.3, 0.4) is 0 Å². The lowest BCUT2D eigenvalue weighted by Crippen LogP contribution is -2.06. The van der Waals surface area contributed by atoms with Crippen LogP contribution in [0.15, 0.2) is 73.3 Å². The number of imidazole rings is 2. The number of benzene rings is 2. The molecule has 0 saturated carbocycles. The molecular formula is C17H14N4. The highest BCUT2D eigenvalue weighted by molar-refractivity contribution is 5.77. The van der Waals surface area contributed by atoms with Gasteiger partial charge in [0, 0.05) is 12.4 Å². The van der Waals surface area contributed by atoms with E-state index in [4.69, 9.17) is 4.98 Å². The van der Waals surface area contributed by atoms with E-state index in [-0.39, 0.29) is 0 Å². The van der Waals surface area contributed by atoms with Crippen molar-refractivity contribution in [3.63, 3.8) is 0 Å². The fourth-order valence-corrected chi connectivity index (χ4v) is 2.56. The minimum atomic E-state index is 0.787. The van der Waals surface area contributed by atoms with Crippen LogP contribution in [0.5, 0.6) is 0 Å². The molecule has 0 spiro atoms. The Morgan fingerprint density at radius 3 is 2.52 bits per heavy atom. The van der Waals surface area contributed by atoms with Crippen molar-refractivity contribution in [1.29, 1.82) is 0 Å².